The van der Waals surface area contributed by atoms with Crippen molar-refractivity contribution in [3.8, 4) is 5.75 Å². The molecule has 0 aliphatic heterocycles. The van der Waals surface area contributed by atoms with Crippen molar-refractivity contribution in [2.45, 2.75) is 12.8 Å². The van der Waals surface area contributed by atoms with Gasteiger partial charge in [0, 0.05) is 6.42 Å². The number of para-hydroxylation sites is 1. The van der Waals surface area contributed by atoms with Gasteiger partial charge in [0.05, 0.1) is 12.7 Å². The molecule has 2 aromatic rings. The first-order valence-corrected chi connectivity index (χ1v) is 8.08. The van der Waals surface area contributed by atoms with E-state index in [9.17, 15) is 9.59 Å². The summed E-state index contributed by atoms with van der Waals surface area (Å²) in [5.74, 6) is -0.207. The molecular weight excluding hydrogens is 338 g/mol. The summed E-state index contributed by atoms with van der Waals surface area (Å²) in [6.45, 7) is 0. The summed E-state index contributed by atoms with van der Waals surface area (Å²) < 4.78 is 5.13. The number of carbonyl (C=O) groups excluding carboxylic acids is 2. The lowest BCUT2D eigenvalue weighted by Crippen LogP contribution is -2.48. The maximum absolute atomic E-state index is 12.2. The first-order chi connectivity index (χ1) is 12.1. The Bertz CT molecular complexity index is 750. The van der Waals surface area contributed by atoms with Crippen LogP contribution >= 0.6 is 12.2 Å². The number of hydrogen-bond donors (Lipinski definition) is 3. The predicted octanol–water partition coefficient (Wildman–Crippen LogP) is 1.96. The van der Waals surface area contributed by atoms with Crippen molar-refractivity contribution >= 4 is 29.1 Å². The molecule has 0 aromatic heterocycles. The molecule has 0 fully saturated rings. The van der Waals surface area contributed by atoms with E-state index >= 15 is 0 Å². The molecule has 0 radical (unpaired) electrons. The van der Waals surface area contributed by atoms with Gasteiger partial charge in [-0.25, -0.2) is 0 Å². The number of nitrogens with one attached hydrogen (secondary N) is 3. The average molecular weight is 357 g/mol. The number of benzene rings is 2. The average Bonchev–Trinajstić information content (AvgIpc) is 2.65. The van der Waals surface area contributed by atoms with E-state index in [1.165, 1.54) is 7.11 Å². The number of rotatable bonds is 5. The van der Waals surface area contributed by atoms with Crippen molar-refractivity contribution < 1.29 is 14.3 Å². The van der Waals surface area contributed by atoms with E-state index in [0.29, 0.717) is 24.2 Å². The van der Waals surface area contributed by atoms with Crippen LogP contribution in [-0.2, 0) is 11.2 Å². The number of carbonyl (C=O) groups is 2. The highest BCUT2D eigenvalue weighted by molar-refractivity contribution is 7.80. The van der Waals surface area contributed by atoms with Crippen LogP contribution in [0.25, 0.3) is 0 Å². The van der Waals surface area contributed by atoms with Gasteiger partial charge in [-0.3, -0.25) is 25.8 Å². The van der Waals surface area contributed by atoms with Crippen molar-refractivity contribution in [1.82, 2.24) is 16.2 Å². The largest absolute Gasteiger partial charge is 0.496 e. The zero-order valence-electron chi connectivity index (χ0n) is 13.7. The van der Waals surface area contributed by atoms with Gasteiger partial charge in [-0.1, -0.05) is 42.5 Å². The number of thiocarbonyl (C=S) groups is 1. The molecule has 0 atom stereocenters. The summed E-state index contributed by atoms with van der Waals surface area (Å²) in [4.78, 5) is 24.0. The van der Waals surface area contributed by atoms with E-state index in [4.69, 9.17) is 17.0 Å². The Morgan fingerprint density at radius 2 is 1.68 bits per heavy atom. The minimum Gasteiger partial charge on any atom is -0.496 e. The number of hydrazine groups is 1. The van der Waals surface area contributed by atoms with E-state index in [-0.39, 0.29) is 11.0 Å². The third kappa shape index (κ3) is 5.89. The fourth-order valence-corrected chi connectivity index (χ4v) is 2.27. The predicted molar refractivity (Wildman–Crippen MR) is 99.1 cm³/mol. The Hall–Kier alpha value is -2.93. The van der Waals surface area contributed by atoms with Crippen molar-refractivity contribution in [2.24, 2.45) is 0 Å². The fraction of sp³-hybridized carbons (Fsp3) is 0.167. The molecule has 0 unspecified atom stereocenters. The Morgan fingerprint density at radius 1 is 1.00 bits per heavy atom. The number of methoxy groups -OCH3 is 1. The first kappa shape index (κ1) is 18.4. The summed E-state index contributed by atoms with van der Waals surface area (Å²) in [6, 6.07) is 16.5. The van der Waals surface area contributed by atoms with Crippen LogP contribution in [0, 0.1) is 0 Å². The topological polar surface area (TPSA) is 79.5 Å². The molecule has 0 aliphatic rings. The number of ether oxygens (including phenoxy) is 1. The van der Waals surface area contributed by atoms with Crippen LogP contribution in [0.15, 0.2) is 54.6 Å². The molecule has 130 valence electrons. The van der Waals surface area contributed by atoms with Crippen LogP contribution < -0.4 is 20.9 Å². The Labute approximate surface area is 151 Å². The molecule has 7 heteroatoms. The first-order valence-electron chi connectivity index (χ1n) is 7.67. The lowest BCUT2D eigenvalue weighted by atomic mass is 10.1. The molecule has 0 bridgehead atoms. The van der Waals surface area contributed by atoms with Gasteiger partial charge in [-0.15, -0.1) is 0 Å². The quantitative estimate of drug-likeness (QED) is 0.563. The molecule has 0 saturated carbocycles. The van der Waals surface area contributed by atoms with E-state index in [1.54, 1.807) is 24.3 Å². The Morgan fingerprint density at radius 3 is 2.40 bits per heavy atom. The molecular formula is C18H19N3O3S. The molecule has 0 aliphatic carbocycles. The summed E-state index contributed by atoms with van der Waals surface area (Å²) >= 11 is 5.01. The van der Waals surface area contributed by atoms with Gasteiger partial charge in [0.15, 0.2) is 5.11 Å². The van der Waals surface area contributed by atoms with Gasteiger partial charge in [-0.05, 0) is 36.3 Å². The maximum atomic E-state index is 12.2. The zero-order valence-corrected chi connectivity index (χ0v) is 14.6. The molecule has 2 amide bonds. The van der Waals surface area contributed by atoms with Crippen LogP contribution in [0.5, 0.6) is 5.75 Å². The molecule has 2 aromatic carbocycles. The minimum absolute atomic E-state index is 0.00367. The SMILES string of the molecule is COc1ccccc1C(=O)NC(=S)NNC(=O)CCc1ccccc1. The lowest BCUT2D eigenvalue weighted by molar-refractivity contribution is -0.121. The van der Waals surface area contributed by atoms with Gasteiger partial charge >= 0.3 is 0 Å². The molecule has 6 nitrogen and oxygen atoms in total. The second-order valence-electron chi connectivity index (χ2n) is 5.14. The monoisotopic (exact) mass is 357 g/mol. The number of hydrogen-bond acceptors (Lipinski definition) is 4. The molecule has 0 heterocycles. The third-order valence-corrected chi connectivity index (χ3v) is 3.58. The summed E-state index contributed by atoms with van der Waals surface area (Å²) in [5.41, 5.74) is 6.40. The lowest BCUT2D eigenvalue weighted by Gasteiger charge is -2.12. The molecule has 3 N–H and O–H groups in total. The van der Waals surface area contributed by atoms with Crippen LogP contribution in [-0.4, -0.2) is 24.0 Å². The highest BCUT2D eigenvalue weighted by atomic mass is 32.1. The van der Waals surface area contributed by atoms with Crippen molar-refractivity contribution in [2.75, 3.05) is 7.11 Å². The maximum Gasteiger partial charge on any atom is 0.261 e. The van der Waals surface area contributed by atoms with E-state index in [2.05, 4.69) is 16.2 Å². The highest BCUT2D eigenvalue weighted by Gasteiger charge is 2.13. The van der Waals surface area contributed by atoms with Crippen LogP contribution in [0.3, 0.4) is 0 Å². The number of aryl methyl sites for hydroxylation is 1. The standard InChI is InChI=1S/C18H19N3O3S/c1-24-15-10-6-5-9-14(15)17(23)19-18(25)21-20-16(22)12-11-13-7-3-2-4-8-13/h2-10H,11-12H2,1H3,(H,20,22)(H2,19,21,23,25). The van der Waals surface area contributed by atoms with Crippen molar-refractivity contribution in [3.63, 3.8) is 0 Å². The summed E-state index contributed by atoms with van der Waals surface area (Å²) in [7, 11) is 1.48. The summed E-state index contributed by atoms with van der Waals surface area (Å²) in [5, 5.41) is 2.49. The van der Waals surface area contributed by atoms with Gasteiger partial charge in [-0.2, -0.15) is 0 Å². The smallest absolute Gasteiger partial charge is 0.261 e. The van der Waals surface area contributed by atoms with Gasteiger partial charge < -0.3 is 4.74 Å². The zero-order chi connectivity index (χ0) is 18.1. The Balaban J connectivity index is 1.76. The normalized spacial score (nSPS) is 9.80. The van der Waals surface area contributed by atoms with Gasteiger partial charge in [0.25, 0.3) is 5.91 Å². The van der Waals surface area contributed by atoms with Crippen molar-refractivity contribution in [3.05, 3.63) is 65.7 Å². The van der Waals surface area contributed by atoms with Crippen LogP contribution in [0.2, 0.25) is 0 Å². The van der Waals surface area contributed by atoms with E-state index in [0.717, 1.165) is 5.56 Å². The van der Waals surface area contributed by atoms with Crippen LogP contribution in [0.4, 0.5) is 0 Å². The molecule has 2 rings (SSSR count). The molecule has 0 spiro atoms. The van der Waals surface area contributed by atoms with Gasteiger partial charge in [0.2, 0.25) is 5.91 Å². The Kier molecular flexibility index (Phi) is 6.91. The van der Waals surface area contributed by atoms with Crippen molar-refractivity contribution in [1.29, 1.82) is 0 Å². The second-order valence-corrected chi connectivity index (χ2v) is 5.55. The fourth-order valence-electron chi connectivity index (χ4n) is 2.13. The third-order valence-electron chi connectivity index (χ3n) is 3.38. The number of amides is 2. The molecule has 0 saturated heterocycles. The van der Waals surface area contributed by atoms with Crippen LogP contribution in [0.1, 0.15) is 22.3 Å². The van der Waals surface area contributed by atoms with E-state index < -0.39 is 5.91 Å². The second kappa shape index (κ2) is 9.39. The highest BCUT2D eigenvalue weighted by Crippen LogP contribution is 2.16. The van der Waals surface area contributed by atoms with Gasteiger partial charge in [0.1, 0.15) is 5.75 Å². The minimum atomic E-state index is -0.423. The molecule has 25 heavy (non-hydrogen) atoms. The van der Waals surface area contributed by atoms with E-state index in [1.807, 2.05) is 30.3 Å². The summed E-state index contributed by atoms with van der Waals surface area (Å²) in [6.07, 6.45) is 0.925.